The maximum absolute atomic E-state index is 12.4. The fraction of sp³-hybridized carbons (Fsp3) is 0.190. The van der Waals surface area contributed by atoms with E-state index in [0.717, 1.165) is 33.3 Å². The maximum Gasteiger partial charge on any atom is 0.203 e. The third-order valence-electron chi connectivity index (χ3n) is 4.00. The van der Waals surface area contributed by atoms with Gasteiger partial charge in [-0.15, -0.1) is 11.8 Å². The highest BCUT2D eigenvalue weighted by Gasteiger charge is 2.09. The molecule has 5 nitrogen and oxygen atoms in total. The normalized spacial score (nSPS) is 11.1. The Balaban J connectivity index is 1.76. The molecule has 0 unspecified atom stereocenters. The number of aromatic nitrogens is 3. The fourth-order valence-corrected chi connectivity index (χ4v) is 3.54. The van der Waals surface area contributed by atoms with E-state index < -0.39 is 0 Å². The summed E-state index contributed by atoms with van der Waals surface area (Å²) in [6.45, 7) is 1.87. The van der Waals surface area contributed by atoms with Gasteiger partial charge in [-0.05, 0) is 48.9 Å². The van der Waals surface area contributed by atoms with Gasteiger partial charge in [-0.1, -0.05) is 18.2 Å². The lowest BCUT2D eigenvalue weighted by molar-refractivity contribution is 0.103. The van der Waals surface area contributed by atoms with Crippen molar-refractivity contribution in [3.05, 3.63) is 77.3 Å². The van der Waals surface area contributed by atoms with Crippen LogP contribution in [0.5, 0.6) is 5.75 Å². The Labute approximate surface area is 163 Å². The maximum atomic E-state index is 12.4. The van der Waals surface area contributed by atoms with E-state index in [2.05, 4.69) is 10.1 Å². The standard InChI is InChI=1S/C21H21N3O2S/c1-15-12-18(24(2)23-15)19(25)9-7-16-8-10-20(26-3)17(13-16)14-27-21-6-4-5-11-22-21/h4-13H,14H2,1-3H3. The average molecular weight is 379 g/mol. The van der Waals surface area contributed by atoms with Gasteiger partial charge in [0.15, 0.2) is 0 Å². The molecular formula is C21H21N3O2S. The number of rotatable bonds is 7. The number of allylic oxidation sites excluding steroid dienone is 1. The summed E-state index contributed by atoms with van der Waals surface area (Å²) < 4.78 is 7.07. The number of nitrogens with zero attached hydrogens (tertiary/aromatic N) is 3. The number of ether oxygens (including phenoxy) is 1. The van der Waals surface area contributed by atoms with E-state index in [9.17, 15) is 4.79 Å². The largest absolute Gasteiger partial charge is 0.496 e. The van der Waals surface area contributed by atoms with Gasteiger partial charge in [0.1, 0.15) is 11.4 Å². The number of carbonyl (C=O) groups excluding carboxylic acids is 1. The highest BCUT2D eigenvalue weighted by molar-refractivity contribution is 7.98. The minimum absolute atomic E-state index is 0.0710. The van der Waals surface area contributed by atoms with Crippen LogP contribution < -0.4 is 4.74 Å². The number of methoxy groups -OCH3 is 1. The second kappa shape index (κ2) is 8.68. The number of pyridine rings is 1. The minimum atomic E-state index is -0.0710. The van der Waals surface area contributed by atoms with Crippen molar-refractivity contribution in [1.82, 2.24) is 14.8 Å². The molecule has 2 aromatic heterocycles. The Kier molecular flexibility index (Phi) is 6.08. The first-order valence-corrected chi connectivity index (χ1v) is 9.49. The molecule has 138 valence electrons. The molecule has 0 radical (unpaired) electrons. The van der Waals surface area contributed by atoms with E-state index >= 15 is 0 Å². The molecule has 0 aliphatic heterocycles. The summed E-state index contributed by atoms with van der Waals surface area (Å²) >= 11 is 1.64. The van der Waals surface area contributed by atoms with Crippen LogP contribution in [0.25, 0.3) is 6.08 Å². The summed E-state index contributed by atoms with van der Waals surface area (Å²) in [6.07, 6.45) is 5.18. The van der Waals surface area contributed by atoms with Gasteiger partial charge < -0.3 is 4.74 Å². The molecule has 0 saturated heterocycles. The van der Waals surface area contributed by atoms with Gasteiger partial charge in [0.25, 0.3) is 0 Å². The Hall–Kier alpha value is -2.86. The van der Waals surface area contributed by atoms with Crippen LogP contribution in [0.3, 0.4) is 0 Å². The molecule has 0 atom stereocenters. The number of carbonyl (C=O) groups is 1. The smallest absolute Gasteiger partial charge is 0.203 e. The van der Waals surface area contributed by atoms with Gasteiger partial charge in [-0.3, -0.25) is 9.48 Å². The van der Waals surface area contributed by atoms with E-state index in [1.165, 1.54) is 0 Å². The van der Waals surface area contributed by atoms with Crippen LogP contribution in [-0.2, 0) is 12.8 Å². The summed E-state index contributed by atoms with van der Waals surface area (Å²) in [5.74, 6) is 1.49. The lowest BCUT2D eigenvalue weighted by Gasteiger charge is -2.09. The molecular weight excluding hydrogens is 358 g/mol. The average Bonchev–Trinajstić information content (AvgIpc) is 3.03. The van der Waals surface area contributed by atoms with Crippen molar-refractivity contribution >= 4 is 23.6 Å². The zero-order chi connectivity index (χ0) is 19.2. The van der Waals surface area contributed by atoms with E-state index in [0.29, 0.717) is 5.69 Å². The summed E-state index contributed by atoms with van der Waals surface area (Å²) in [5.41, 5.74) is 3.40. The van der Waals surface area contributed by atoms with Crippen LogP contribution in [0.2, 0.25) is 0 Å². The summed E-state index contributed by atoms with van der Waals surface area (Å²) in [5, 5.41) is 5.17. The van der Waals surface area contributed by atoms with Crippen LogP contribution in [-0.4, -0.2) is 27.7 Å². The number of aryl methyl sites for hydroxylation is 2. The third kappa shape index (κ3) is 4.86. The zero-order valence-corrected chi connectivity index (χ0v) is 16.4. The molecule has 6 heteroatoms. The first kappa shape index (κ1) is 18.9. The highest BCUT2D eigenvalue weighted by atomic mass is 32.2. The molecule has 1 aromatic carbocycles. The molecule has 3 aromatic rings. The number of ketones is 1. The second-order valence-corrected chi connectivity index (χ2v) is 7.02. The Morgan fingerprint density at radius 3 is 2.78 bits per heavy atom. The van der Waals surface area contributed by atoms with Crippen molar-refractivity contribution in [3.8, 4) is 5.75 Å². The fourth-order valence-electron chi connectivity index (χ4n) is 2.70. The monoisotopic (exact) mass is 379 g/mol. The molecule has 0 bridgehead atoms. The van der Waals surface area contributed by atoms with Crippen molar-refractivity contribution in [2.75, 3.05) is 7.11 Å². The summed E-state index contributed by atoms with van der Waals surface area (Å²) in [7, 11) is 3.43. The van der Waals surface area contributed by atoms with Gasteiger partial charge in [0, 0.05) is 24.6 Å². The van der Waals surface area contributed by atoms with Crippen molar-refractivity contribution in [2.45, 2.75) is 17.7 Å². The zero-order valence-electron chi connectivity index (χ0n) is 15.5. The van der Waals surface area contributed by atoms with E-state index in [1.54, 1.807) is 48.9 Å². The lowest BCUT2D eigenvalue weighted by Crippen LogP contribution is -2.03. The molecule has 0 fully saturated rings. The van der Waals surface area contributed by atoms with Gasteiger partial charge in [-0.25, -0.2) is 4.98 Å². The second-order valence-electron chi connectivity index (χ2n) is 6.02. The number of benzene rings is 1. The Morgan fingerprint density at radius 1 is 1.26 bits per heavy atom. The van der Waals surface area contributed by atoms with Crippen molar-refractivity contribution in [3.63, 3.8) is 0 Å². The van der Waals surface area contributed by atoms with E-state index in [1.807, 2.05) is 49.4 Å². The highest BCUT2D eigenvalue weighted by Crippen LogP contribution is 2.28. The number of hydrogen-bond donors (Lipinski definition) is 0. The van der Waals surface area contributed by atoms with Crippen molar-refractivity contribution < 1.29 is 9.53 Å². The summed E-state index contributed by atoms with van der Waals surface area (Å²) in [4.78, 5) is 16.7. The van der Waals surface area contributed by atoms with E-state index in [4.69, 9.17) is 4.74 Å². The van der Waals surface area contributed by atoms with E-state index in [-0.39, 0.29) is 5.78 Å². The molecule has 2 heterocycles. The lowest BCUT2D eigenvalue weighted by atomic mass is 10.1. The Morgan fingerprint density at radius 2 is 2.11 bits per heavy atom. The van der Waals surface area contributed by atoms with Crippen molar-refractivity contribution in [2.24, 2.45) is 7.05 Å². The Bertz CT molecular complexity index is 965. The predicted octanol–water partition coefficient (Wildman–Crippen LogP) is 4.32. The van der Waals surface area contributed by atoms with Gasteiger partial charge in [-0.2, -0.15) is 5.10 Å². The van der Waals surface area contributed by atoms with Crippen LogP contribution in [0, 0.1) is 6.92 Å². The molecule has 0 saturated carbocycles. The molecule has 0 aliphatic rings. The molecule has 0 spiro atoms. The molecule has 0 aliphatic carbocycles. The topological polar surface area (TPSA) is 57.0 Å². The van der Waals surface area contributed by atoms with Crippen LogP contribution >= 0.6 is 11.8 Å². The molecule has 0 amide bonds. The quantitative estimate of drug-likeness (QED) is 0.348. The molecule has 27 heavy (non-hydrogen) atoms. The van der Waals surface area contributed by atoms with Gasteiger partial charge >= 0.3 is 0 Å². The van der Waals surface area contributed by atoms with Gasteiger partial charge in [0.05, 0.1) is 17.8 Å². The predicted molar refractivity (Wildman–Crippen MR) is 108 cm³/mol. The van der Waals surface area contributed by atoms with Crippen molar-refractivity contribution in [1.29, 1.82) is 0 Å². The SMILES string of the molecule is COc1ccc(C=CC(=O)c2cc(C)nn2C)cc1CSc1ccccn1. The molecule has 3 rings (SSSR count). The first-order chi connectivity index (χ1) is 13.1. The van der Waals surface area contributed by atoms with Crippen LogP contribution in [0.15, 0.2) is 59.8 Å². The summed E-state index contributed by atoms with van der Waals surface area (Å²) in [6, 6.07) is 13.5. The minimum Gasteiger partial charge on any atom is -0.496 e. The number of hydrogen-bond acceptors (Lipinski definition) is 5. The first-order valence-electron chi connectivity index (χ1n) is 8.50. The van der Waals surface area contributed by atoms with Crippen LogP contribution in [0.1, 0.15) is 27.3 Å². The number of thioether (sulfide) groups is 1. The molecule has 0 N–H and O–H groups in total. The third-order valence-corrected chi connectivity index (χ3v) is 4.99. The van der Waals surface area contributed by atoms with Crippen LogP contribution in [0.4, 0.5) is 0 Å². The van der Waals surface area contributed by atoms with Gasteiger partial charge in [0.2, 0.25) is 5.78 Å².